The Labute approximate surface area is 167 Å². The lowest BCUT2D eigenvalue weighted by Crippen LogP contribution is -2.31. The number of ether oxygens (including phenoxy) is 1. The first kappa shape index (κ1) is 20.2. The molecule has 0 bridgehead atoms. The molecular weight excluding hydrogens is 375 g/mol. The maximum absolute atomic E-state index is 14.1. The van der Waals surface area contributed by atoms with Crippen LogP contribution in [0.25, 0.3) is 5.69 Å². The number of aromatic nitrogens is 3. The number of para-hydroxylation sites is 1. The van der Waals surface area contributed by atoms with Crippen molar-refractivity contribution in [1.29, 1.82) is 0 Å². The Bertz CT molecular complexity index is 1080. The number of rotatable bonds is 6. The largest absolute Gasteiger partial charge is 0.475 e. The second-order valence-corrected chi connectivity index (χ2v) is 6.72. The van der Waals surface area contributed by atoms with E-state index in [0.717, 1.165) is 5.56 Å². The highest BCUT2D eigenvalue weighted by molar-refractivity contribution is 5.92. The highest BCUT2D eigenvalue weighted by Gasteiger charge is 2.16. The summed E-state index contributed by atoms with van der Waals surface area (Å²) in [6.07, 6.45) is 1.59. The van der Waals surface area contributed by atoms with Gasteiger partial charge in [0.1, 0.15) is 11.5 Å². The number of nitrogens with zero attached hydrogens (tertiary/aromatic N) is 3. The number of benzene rings is 1. The minimum Gasteiger partial charge on any atom is -0.475 e. The summed E-state index contributed by atoms with van der Waals surface area (Å²) in [5.41, 5.74) is 0.458. The van der Waals surface area contributed by atoms with Crippen LogP contribution in [0.4, 0.5) is 4.39 Å². The normalized spacial score (nSPS) is 10.8. The van der Waals surface area contributed by atoms with Gasteiger partial charge in [-0.2, -0.15) is 5.10 Å². The molecule has 0 aliphatic carbocycles. The lowest BCUT2D eigenvalue weighted by Gasteiger charge is -2.12. The van der Waals surface area contributed by atoms with Crippen LogP contribution in [0.1, 0.15) is 35.6 Å². The van der Waals surface area contributed by atoms with E-state index in [9.17, 15) is 14.0 Å². The van der Waals surface area contributed by atoms with E-state index < -0.39 is 17.2 Å². The molecule has 0 saturated carbocycles. The molecule has 0 radical (unpaired) electrons. The molecule has 29 heavy (non-hydrogen) atoms. The van der Waals surface area contributed by atoms with Crippen molar-refractivity contribution in [1.82, 2.24) is 20.1 Å². The first-order valence-corrected chi connectivity index (χ1v) is 9.11. The van der Waals surface area contributed by atoms with Crippen LogP contribution in [0, 0.1) is 12.7 Å². The van der Waals surface area contributed by atoms with E-state index in [0.29, 0.717) is 11.6 Å². The van der Waals surface area contributed by atoms with Crippen molar-refractivity contribution in [3.8, 4) is 11.6 Å². The van der Waals surface area contributed by atoms with Gasteiger partial charge in [-0.25, -0.2) is 14.1 Å². The maximum atomic E-state index is 14.1. The van der Waals surface area contributed by atoms with Gasteiger partial charge in [-0.05, 0) is 38.5 Å². The fraction of sp³-hybridized carbons (Fsp3) is 0.238. The molecule has 2 aromatic heterocycles. The Morgan fingerprint density at radius 3 is 2.66 bits per heavy atom. The molecule has 3 aromatic rings. The minimum absolute atomic E-state index is 0.0114. The third-order valence-electron chi connectivity index (χ3n) is 4.01. The Morgan fingerprint density at radius 1 is 1.24 bits per heavy atom. The van der Waals surface area contributed by atoms with Crippen LogP contribution in [0.3, 0.4) is 0 Å². The zero-order valence-corrected chi connectivity index (χ0v) is 16.3. The number of amides is 1. The number of pyridine rings is 1. The van der Waals surface area contributed by atoms with Crippen molar-refractivity contribution >= 4 is 5.91 Å². The summed E-state index contributed by atoms with van der Waals surface area (Å²) in [5.74, 6) is -0.668. The van der Waals surface area contributed by atoms with Crippen molar-refractivity contribution in [2.45, 2.75) is 33.4 Å². The van der Waals surface area contributed by atoms with Gasteiger partial charge in [0.05, 0.1) is 6.10 Å². The number of nitrogens with one attached hydrogen (secondary N) is 1. The summed E-state index contributed by atoms with van der Waals surface area (Å²) in [4.78, 5) is 28.9. The third-order valence-corrected chi connectivity index (χ3v) is 4.01. The van der Waals surface area contributed by atoms with Crippen LogP contribution in [-0.2, 0) is 6.54 Å². The molecule has 3 rings (SSSR count). The van der Waals surface area contributed by atoms with Crippen LogP contribution in [0.15, 0.2) is 53.5 Å². The summed E-state index contributed by atoms with van der Waals surface area (Å²) < 4.78 is 20.8. The Hall–Kier alpha value is -3.55. The molecule has 0 spiro atoms. The lowest BCUT2D eigenvalue weighted by molar-refractivity contribution is 0.0943. The molecule has 0 aliphatic heterocycles. The fourth-order valence-electron chi connectivity index (χ4n) is 2.66. The van der Waals surface area contributed by atoms with Crippen LogP contribution in [0.2, 0.25) is 0 Å². The van der Waals surface area contributed by atoms with Crippen molar-refractivity contribution in [2.75, 3.05) is 0 Å². The standard InChI is InChI=1S/C21H21FN4O3/c1-13(2)29-19-9-8-15(11-23-19)12-24-21(28)20-18(27)10-14(3)26(25-20)17-7-5-4-6-16(17)22/h4-11,13H,12H2,1-3H3,(H,24,28). The highest BCUT2D eigenvalue weighted by Crippen LogP contribution is 2.13. The Balaban J connectivity index is 1.78. The highest BCUT2D eigenvalue weighted by atomic mass is 19.1. The van der Waals surface area contributed by atoms with Crippen molar-refractivity contribution in [2.24, 2.45) is 0 Å². The number of halogens is 1. The quantitative estimate of drug-likeness (QED) is 0.692. The monoisotopic (exact) mass is 396 g/mol. The average molecular weight is 396 g/mol. The summed E-state index contributed by atoms with van der Waals surface area (Å²) in [5, 5.41) is 6.72. The van der Waals surface area contributed by atoms with E-state index in [1.165, 1.54) is 22.9 Å². The van der Waals surface area contributed by atoms with Gasteiger partial charge in [0.15, 0.2) is 5.69 Å². The SMILES string of the molecule is Cc1cc(=O)c(C(=O)NCc2ccc(OC(C)C)nc2)nn1-c1ccccc1F. The molecule has 7 nitrogen and oxygen atoms in total. The smallest absolute Gasteiger partial charge is 0.276 e. The van der Waals surface area contributed by atoms with Crippen molar-refractivity contribution in [3.63, 3.8) is 0 Å². The fourth-order valence-corrected chi connectivity index (χ4v) is 2.66. The van der Waals surface area contributed by atoms with Crippen LogP contribution >= 0.6 is 0 Å². The molecule has 0 aliphatic rings. The predicted octanol–water partition coefficient (Wildman–Crippen LogP) is 2.79. The number of carbonyl (C=O) groups excluding carboxylic acids is 1. The van der Waals surface area contributed by atoms with Crippen LogP contribution in [-0.4, -0.2) is 26.8 Å². The molecule has 1 aromatic carbocycles. The van der Waals surface area contributed by atoms with E-state index in [1.54, 1.807) is 37.4 Å². The summed E-state index contributed by atoms with van der Waals surface area (Å²) in [6.45, 7) is 5.58. The summed E-state index contributed by atoms with van der Waals surface area (Å²) in [7, 11) is 0. The molecule has 2 heterocycles. The second kappa shape index (κ2) is 8.64. The summed E-state index contributed by atoms with van der Waals surface area (Å²) >= 11 is 0. The van der Waals surface area contributed by atoms with Crippen LogP contribution in [0.5, 0.6) is 5.88 Å². The molecule has 1 amide bonds. The molecule has 1 N–H and O–H groups in total. The average Bonchev–Trinajstić information content (AvgIpc) is 2.68. The van der Waals surface area contributed by atoms with E-state index in [1.807, 2.05) is 13.8 Å². The van der Waals surface area contributed by atoms with Crippen molar-refractivity contribution in [3.05, 3.63) is 81.7 Å². The molecular formula is C21H21FN4O3. The van der Waals surface area contributed by atoms with E-state index >= 15 is 0 Å². The van der Waals surface area contributed by atoms with Crippen molar-refractivity contribution < 1.29 is 13.9 Å². The van der Waals surface area contributed by atoms with Gasteiger partial charge < -0.3 is 10.1 Å². The topological polar surface area (TPSA) is 86.1 Å². The maximum Gasteiger partial charge on any atom is 0.276 e. The molecule has 0 fully saturated rings. The minimum atomic E-state index is -0.650. The van der Waals surface area contributed by atoms with E-state index in [-0.39, 0.29) is 24.0 Å². The number of hydrogen-bond donors (Lipinski definition) is 1. The van der Waals surface area contributed by atoms with Gasteiger partial charge in [0.25, 0.3) is 5.91 Å². The van der Waals surface area contributed by atoms with E-state index in [4.69, 9.17) is 4.74 Å². The van der Waals surface area contributed by atoms with Crippen LogP contribution < -0.4 is 15.5 Å². The van der Waals surface area contributed by atoms with E-state index in [2.05, 4.69) is 15.4 Å². The van der Waals surface area contributed by atoms with Gasteiger partial charge >= 0.3 is 0 Å². The zero-order valence-electron chi connectivity index (χ0n) is 16.3. The van der Waals surface area contributed by atoms with Gasteiger partial charge in [-0.15, -0.1) is 0 Å². The molecule has 0 atom stereocenters. The van der Waals surface area contributed by atoms with Gasteiger partial charge in [0.2, 0.25) is 11.3 Å². The second-order valence-electron chi connectivity index (χ2n) is 6.72. The first-order valence-electron chi connectivity index (χ1n) is 9.11. The number of hydrogen-bond acceptors (Lipinski definition) is 5. The zero-order chi connectivity index (χ0) is 21.0. The Kier molecular flexibility index (Phi) is 6.01. The number of carbonyl (C=O) groups is 1. The molecule has 0 unspecified atom stereocenters. The number of aryl methyl sites for hydroxylation is 1. The predicted molar refractivity (Wildman–Crippen MR) is 106 cm³/mol. The third kappa shape index (κ3) is 4.84. The Morgan fingerprint density at radius 2 is 2.00 bits per heavy atom. The molecule has 8 heteroatoms. The molecule has 150 valence electrons. The van der Waals surface area contributed by atoms with Gasteiger partial charge in [-0.3, -0.25) is 9.59 Å². The lowest BCUT2D eigenvalue weighted by atomic mass is 10.2. The first-order chi connectivity index (χ1) is 13.8. The van der Waals surface area contributed by atoms with Gasteiger partial charge in [0, 0.05) is 30.6 Å². The van der Waals surface area contributed by atoms with Gasteiger partial charge in [-0.1, -0.05) is 18.2 Å². The molecule has 0 saturated heterocycles. The summed E-state index contributed by atoms with van der Waals surface area (Å²) in [6, 6.07) is 10.7.